The first-order chi connectivity index (χ1) is 46.8. The third kappa shape index (κ3) is 21.2. The van der Waals surface area contributed by atoms with Crippen LogP contribution >= 0.6 is 0 Å². The number of alkyl halides is 9. The van der Waals surface area contributed by atoms with Crippen LogP contribution in [0.3, 0.4) is 0 Å². The summed E-state index contributed by atoms with van der Waals surface area (Å²) < 4.78 is 142. The van der Waals surface area contributed by atoms with Crippen molar-refractivity contribution >= 4 is 0 Å². The Kier molecular flexibility index (Phi) is 27.4. The van der Waals surface area contributed by atoms with E-state index < -0.39 is 58.1 Å². The van der Waals surface area contributed by atoms with Crippen LogP contribution in [0.2, 0.25) is 0 Å². The SMILES string of the molecule is COc1c(C)cncc1C(C)(C)C.Cc1cc(C(C)(C)C)cnc1C.Cc1ccc(C(C)(C)C)cn1.Cc1cncc(C(C)(C)C)c1.Cc1ncc(C(C)(C)C)c2c1OCC2(C(F)(F)F)C(F)(F)F.Cc1ncc(C(C)(C)C)c2c1OCC2(C)C.Cc1ncc(C(C)(C)C)c2c1OCC2(C)C(F)(F)F. The predicted octanol–water partition coefficient (Wildman–Crippen LogP) is 22.8. The normalized spacial score (nSPS) is 16.1. The van der Waals surface area contributed by atoms with E-state index in [1.807, 2.05) is 91.8 Å². The van der Waals surface area contributed by atoms with Gasteiger partial charge in [0.1, 0.15) is 41.6 Å². The fraction of sp³-hybridized carbons (Fsp3) is 0.583. The van der Waals surface area contributed by atoms with Gasteiger partial charge in [-0.1, -0.05) is 177 Å². The molecule has 0 amide bonds. The minimum atomic E-state index is -5.52. The number of aryl methyl sites for hydroxylation is 8. The average molecular weight is 1460 g/mol. The Balaban J connectivity index is 0.000000261. The zero-order valence-corrected chi connectivity index (χ0v) is 68.3. The Labute approximate surface area is 615 Å². The third-order valence-electron chi connectivity index (χ3n) is 18.6. The van der Waals surface area contributed by atoms with Crippen LogP contribution in [-0.4, -0.2) is 80.3 Å². The number of methoxy groups -OCH3 is 1. The molecule has 11 nitrogen and oxygen atoms in total. The average Bonchev–Trinajstić information content (AvgIpc) is 1.44. The first kappa shape index (κ1) is 89.0. The Morgan fingerprint density at radius 3 is 1.12 bits per heavy atom. The molecule has 3 aliphatic heterocycles. The van der Waals surface area contributed by atoms with Gasteiger partial charge >= 0.3 is 18.5 Å². The minimum Gasteiger partial charge on any atom is -0.496 e. The molecule has 0 fully saturated rings. The van der Waals surface area contributed by atoms with Gasteiger partial charge < -0.3 is 18.9 Å². The number of hydrogen-bond donors (Lipinski definition) is 0. The van der Waals surface area contributed by atoms with Gasteiger partial charge in [0.05, 0.1) is 30.8 Å². The number of pyridine rings is 7. The van der Waals surface area contributed by atoms with Crippen LogP contribution in [0.25, 0.3) is 0 Å². The van der Waals surface area contributed by atoms with Gasteiger partial charge in [0, 0.05) is 100 Å². The van der Waals surface area contributed by atoms with Gasteiger partial charge in [-0.05, 0) is 151 Å². The molecular formula is C84H118F9N7O4. The molecule has 104 heavy (non-hydrogen) atoms. The quantitative estimate of drug-likeness (QED) is 0.146. The number of ether oxygens (including phenoxy) is 4. The molecule has 0 N–H and O–H groups in total. The van der Waals surface area contributed by atoms with Gasteiger partial charge in [-0.3, -0.25) is 34.9 Å². The van der Waals surface area contributed by atoms with E-state index in [9.17, 15) is 39.5 Å². The summed E-state index contributed by atoms with van der Waals surface area (Å²) in [4.78, 5) is 29.4. The highest BCUT2D eigenvalue weighted by Crippen LogP contribution is 2.60. The highest BCUT2D eigenvalue weighted by atomic mass is 19.4. The van der Waals surface area contributed by atoms with Crippen LogP contribution in [0.1, 0.15) is 267 Å². The van der Waals surface area contributed by atoms with E-state index in [4.69, 9.17) is 18.9 Å². The van der Waals surface area contributed by atoms with Gasteiger partial charge in [0.2, 0.25) is 5.41 Å². The number of hydrogen-bond acceptors (Lipinski definition) is 11. The first-order valence-corrected chi connectivity index (χ1v) is 35.2. The van der Waals surface area contributed by atoms with E-state index in [0.717, 1.165) is 52.5 Å². The summed E-state index contributed by atoms with van der Waals surface area (Å²) in [6, 6.07) is 8.61. The van der Waals surface area contributed by atoms with Crippen molar-refractivity contribution < 1.29 is 58.5 Å². The standard InChI is InChI=1S/C14H15F6NO.C14H18F3NO.C14H21NO.C11H17NO.C11H17N.2C10H15N/c1-7-10-9(8(5-21-7)11(2,3)4)12(6-22-10,13(15,16)17)14(18,19)20;1-8-11-10(9(6-18-8)12(2,3)4)13(5,7-19-11)14(15,16)17;1-9-12-11(14(5,6)8-16-12)10(7-15-9)13(2,3)4;1-8-6-12-7-9(10(8)13-5)11(2,3)4;1-8-6-10(11(3,4)5)7-12-9(8)2;1-8-5-9(7-11-6-8)10(2,3)4;1-8-5-6-9(7-11-8)10(2,3)4/h5H,6H2,1-4H3;6H,7H2,1-5H3;7H,8H2,1-6H3;6-7H,1-5H3;6-7H,1-5H3;2*5-7H,1-4H3. The van der Waals surface area contributed by atoms with Crippen LogP contribution in [0.4, 0.5) is 39.5 Å². The second-order valence-corrected chi connectivity index (χ2v) is 35.7. The topological polar surface area (TPSA) is 127 Å². The zero-order valence-electron chi connectivity index (χ0n) is 68.3. The molecule has 10 rings (SSSR count). The van der Waals surface area contributed by atoms with Gasteiger partial charge in [0.15, 0.2) is 0 Å². The molecule has 1 unspecified atom stereocenters. The van der Waals surface area contributed by atoms with E-state index in [1.165, 1.54) is 73.6 Å². The lowest BCUT2D eigenvalue weighted by Gasteiger charge is -2.35. The maximum atomic E-state index is 13.5. The van der Waals surface area contributed by atoms with Gasteiger partial charge in [-0.15, -0.1) is 0 Å². The summed E-state index contributed by atoms with van der Waals surface area (Å²) in [6.07, 6.45) is 0.715. The maximum Gasteiger partial charge on any atom is 0.410 e. The van der Waals surface area contributed by atoms with Crippen molar-refractivity contribution in [1.82, 2.24) is 34.9 Å². The Morgan fingerprint density at radius 2 is 0.740 bits per heavy atom. The highest BCUT2D eigenvalue weighted by Gasteiger charge is 2.76. The second kappa shape index (κ2) is 32.0. The number of fused-ring (bicyclic) bond motifs is 3. The van der Waals surface area contributed by atoms with E-state index in [2.05, 4.69) is 191 Å². The molecule has 576 valence electrons. The molecule has 20 heteroatoms. The second-order valence-electron chi connectivity index (χ2n) is 35.7. The van der Waals surface area contributed by atoms with E-state index in [1.54, 1.807) is 20.2 Å². The molecular weight excluding hydrogens is 1340 g/mol. The maximum absolute atomic E-state index is 13.5. The Morgan fingerprint density at radius 1 is 0.356 bits per heavy atom. The molecule has 3 aliphatic rings. The van der Waals surface area contributed by atoms with Crippen molar-refractivity contribution in [2.75, 3.05) is 26.9 Å². The monoisotopic (exact) mass is 1460 g/mol. The molecule has 0 aromatic carbocycles. The summed E-state index contributed by atoms with van der Waals surface area (Å²) in [6.45, 7) is 63.1. The van der Waals surface area contributed by atoms with Gasteiger partial charge in [-0.2, -0.15) is 39.5 Å². The number of nitrogens with zero attached hydrogens (tertiary/aromatic N) is 7. The molecule has 0 bridgehead atoms. The summed E-state index contributed by atoms with van der Waals surface area (Å²) in [5, 5.41) is 0. The summed E-state index contributed by atoms with van der Waals surface area (Å²) in [5.74, 6) is 1.86. The molecule has 10 heterocycles. The van der Waals surface area contributed by atoms with E-state index in [0.29, 0.717) is 17.0 Å². The van der Waals surface area contributed by atoms with Crippen molar-refractivity contribution in [3.8, 4) is 23.0 Å². The van der Waals surface area contributed by atoms with Crippen LogP contribution in [-0.2, 0) is 54.1 Å². The van der Waals surface area contributed by atoms with Crippen molar-refractivity contribution in [2.45, 2.75) is 294 Å². The van der Waals surface area contributed by atoms with Crippen molar-refractivity contribution in [3.63, 3.8) is 0 Å². The molecule has 0 aliphatic carbocycles. The number of aromatic nitrogens is 7. The molecule has 0 saturated carbocycles. The number of halogens is 9. The van der Waals surface area contributed by atoms with Crippen LogP contribution in [0.5, 0.6) is 23.0 Å². The van der Waals surface area contributed by atoms with E-state index >= 15 is 0 Å². The van der Waals surface area contributed by atoms with Gasteiger partial charge in [-0.25, -0.2) is 0 Å². The van der Waals surface area contributed by atoms with Gasteiger partial charge in [0.25, 0.3) is 0 Å². The lowest BCUT2D eigenvalue weighted by molar-refractivity contribution is -0.304. The highest BCUT2D eigenvalue weighted by molar-refractivity contribution is 5.56. The lowest BCUT2D eigenvalue weighted by Crippen LogP contribution is -2.56. The molecule has 0 radical (unpaired) electrons. The minimum absolute atomic E-state index is 0.0124. The van der Waals surface area contributed by atoms with Crippen LogP contribution < -0.4 is 18.9 Å². The number of rotatable bonds is 1. The van der Waals surface area contributed by atoms with Crippen molar-refractivity contribution in [2.24, 2.45) is 0 Å². The molecule has 7 aromatic heterocycles. The summed E-state index contributed by atoms with van der Waals surface area (Å²) in [7, 11) is 1.71. The molecule has 0 saturated heterocycles. The summed E-state index contributed by atoms with van der Waals surface area (Å²) >= 11 is 0. The largest absolute Gasteiger partial charge is 0.496 e. The summed E-state index contributed by atoms with van der Waals surface area (Å²) in [5.41, 5.74) is 8.60. The Hall–Kier alpha value is -7.38. The third-order valence-corrected chi connectivity index (χ3v) is 18.6. The fourth-order valence-electron chi connectivity index (χ4n) is 11.6. The fourth-order valence-corrected chi connectivity index (χ4v) is 11.6. The van der Waals surface area contributed by atoms with Crippen molar-refractivity contribution in [1.29, 1.82) is 0 Å². The molecule has 7 aromatic rings. The lowest BCUT2D eigenvalue weighted by atomic mass is 9.73. The van der Waals surface area contributed by atoms with Crippen LogP contribution in [0, 0.1) is 55.4 Å². The van der Waals surface area contributed by atoms with Crippen molar-refractivity contribution in [3.05, 3.63) is 181 Å². The molecule has 1 atom stereocenters. The smallest absolute Gasteiger partial charge is 0.410 e. The zero-order chi connectivity index (χ0) is 80.3. The molecule has 0 spiro atoms. The van der Waals surface area contributed by atoms with Crippen LogP contribution in [0.15, 0.2) is 80.0 Å². The van der Waals surface area contributed by atoms with E-state index in [-0.39, 0.29) is 55.9 Å². The Bertz CT molecular complexity index is 4040. The predicted molar refractivity (Wildman–Crippen MR) is 402 cm³/mol. The first-order valence-electron chi connectivity index (χ1n) is 35.2.